The zero-order valence-electron chi connectivity index (χ0n) is 34.1. The van der Waals surface area contributed by atoms with Crippen LogP contribution in [0.3, 0.4) is 0 Å². The van der Waals surface area contributed by atoms with Crippen LogP contribution in [0.25, 0.3) is 22.5 Å². The van der Waals surface area contributed by atoms with E-state index in [4.69, 9.17) is 9.84 Å². The summed E-state index contributed by atoms with van der Waals surface area (Å²) in [6.07, 6.45) is 2.73. The lowest BCUT2D eigenvalue weighted by Crippen LogP contribution is -2.48. The van der Waals surface area contributed by atoms with E-state index in [0.29, 0.717) is 47.8 Å². The number of aliphatic carboxylic acids is 1. The number of aromatic amines is 1. The Labute approximate surface area is 339 Å². The number of alkyl carbamates (subject to hydrolysis) is 1. The van der Waals surface area contributed by atoms with Crippen LogP contribution >= 0.6 is 0 Å². The number of carboxylic acids is 1. The number of ether oxygens (including phenoxy) is 1. The van der Waals surface area contributed by atoms with Gasteiger partial charge >= 0.3 is 12.1 Å². The molecule has 0 radical (unpaired) electrons. The average Bonchev–Trinajstić information content (AvgIpc) is 3.65. The fourth-order valence-electron chi connectivity index (χ4n) is 6.89. The maximum atomic E-state index is 13.9. The fourth-order valence-corrected chi connectivity index (χ4v) is 6.89. The van der Waals surface area contributed by atoms with E-state index >= 15 is 0 Å². The maximum Gasteiger partial charge on any atom is 0.407 e. The number of amides is 4. The first-order valence-corrected chi connectivity index (χ1v) is 19.9. The number of carbonyl (C=O) groups excluding carboxylic acids is 4. The number of H-pyrrole nitrogens is 1. The fraction of sp³-hybridized carbons (Fsp3) is 0.432. The number of aryl methyl sites for hydroxylation is 2. The van der Waals surface area contributed by atoms with Crippen molar-refractivity contribution in [2.75, 3.05) is 11.9 Å². The third kappa shape index (κ3) is 12.7. The van der Waals surface area contributed by atoms with Gasteiger partial charge in [-0.15, -0.1) is 0 Å². The van der Waals surface area contributed by atoms with Crippen molar-refractivity contribution in [2.24, 2.45) is 11.8 Å². The third-order valence-electron chi connectivity index (χ3n) is 9.92. The second kappa shape index (κ2) is 19.4. The Kier molecular flexibility index (Phi) is 14.4. The summed E-state index contributed by atoms with van der Waals surface area (Å²) in [5, 5.41) is 27.7. The smallest absolute Gasteiger partial charge is 0.407 e. The first-order valence-electron chi connectivity index (χ1n) is 19.9. The van der Waals surface area contributed by atoms with E-state index in [-0.39, 0.29) is 54.9 Å². The van der Waals surface area contributed by atoms with Gasteiger partial charge in [0.05, 0.1) is 6.42 Å². The molecule has 1 aromatic heterocycles. The average molecular weight is 794 g/mol. The summed E-state index contributed by atoms with van der Waals surface area (Å²) in [4.78, 5) is 67.7. The Morgan fingerprint density at radius 2 is 1.57 bits per heavy atom. The molecule has 4 aromatic rings. The molecular weight excluding hydrogens is 739 g/mol. The molecule has 308 valence electrons. The molecule has 1 saturated carbocycles. The SMILES string of the molecule is Cc1cc(C(=O)NC(C)C)ccc1-c1ccc(C[C@H](NC(=O)C2CCC(CNC(=O)OC(C)(C)C)CC2)C(=O)Nc2ccc(-c3n[nH]c(CCC(=O)O)n3)cc2)cc1. The van der Waals surface area contributed by atoms with Crippen molar-refractivity contribution in [2.45, 2.75) is 104 Å². The van der Waals surface area contributed by atoms with Gasteiger partial charge in [0.2, 0.25) is 11.8 Å². The van der Waals surface area contributed by atoms with Crippen LogP contribution in [0, 0.1) is 18.8 Å². The first kappa shape index (κ1) is 43.1. The summed E-state index contributed by atoms with van der Waals surface area (Å²) in [6, 6.07) is 19.6. The van der Waals surface area contributed by atoms with E-state index in [9.17, 15) is 24.0 Å². The number of aromatic nitrogens is 3. The lowest BCUT2D eigenvalue weighted by atomic mass is 9.81. The van der Waals surface area contributed by atoms with E-state index in [0.717, 1.165) is 35.1 Å². The summed E-state index contributed by atoms with van der Waals surface area (Å²) in [5.74, 6) is -0.785. The van der Waals surface area contributed by atoms with Gasteiger partial charge in [-0.1, -0.05) is 30.3 Å². The zero-order chi connectivity index (χ0) is 42.0. The standard InChI is InChI=1S/C44H55N7O7/c1-26(2)46-41(55)33-17-20-35(27(3)23-33)30-11-7-28(8-12-30)24-36(48-40(54)32-13-9-29(10-14-32)25-45-43(57)58-44(4,5)6)42(56)47-34-18-15-31(16-19-34)39-49-37(50-51-39)21-22-38(52)53/h7-8,11-12,15-20,23,26,29,32,36H,9-10,13-14,21-22,24-25H2,1-6H3,(H,45,57)(H,46,55)(H,47,56)(H,48,54)(H,52,53)(H,49,50,51)/t29?,32?,36-/m0/s1. The van der Waals surface area contributed by atoms with Gasteiger partial charge in [-0.05, 0) is 132 Å². The van der Waals surface area contributed by atoms with E-state index in [1.807, 2.05) is 84.0 Å². The summed E-state index contributed by atoms with van der Waals surface area (Å²) in [5.41, 5.74) is 4.96. The zero-order valence-corrected chi connectivity index (χ0v) is 34.1. The Morgan fingerprint density at radius 1 is 0.897 bits per heavy atom. The van der Waals surface area contributed by atoms with Crippen LogP contribution in [0.4, 0.5) is 10.5 Å². The minimum absolute atomic E-state index is 0.0316. The van der Waals surface area contributed by atoms with Crippen molar-refractivity contribution >= 4 is 35.5 Å². The topological polar surface area (TPSA) is 204 Å². The number of carbonyl (C=O) groups is 5. The quantitative estimate of drug-likeness (QED) is 0.0766. The summed E-state index contributed by atoms with van der Waals surface area (Å²) >= 11 is 0. The molecule has 14 nitrogen and oxygen atoms in total. The molecule has 58 heavy (non-hydrogen) atoms. The highest BCUT2D eigenvalue weighted by Crippen LogP contribution is 2.30. The van der Waals surface area contributed by atoms with Gasteiger partial charge in [-0.3, -0.25) is 24.3 Å². The minimum atomic E-state index is -0.924. The molecule has 0 spiro atoms. The predicted molar refractivity (Wildman–Crippen MR) is 221 cm³/mol. The highest BCUT2D eigenvalue weighted by atomic mass is 16.6. The van der Waals surface area contributed by atoms with Crippen molar-refractivity contribution < 1.29 is 33.8 Å². The van der Waals surface area contributed by atoms with Crippen molar-refractivity contribution in [1.29, 1.82) is 0 Å². The molecule has 14 heteroatoms. The van der Waals surface area contributed by atoms with Gasteiger partial charge in [0, 0.05) is 48.2 Å². The number of hydrogen-bond acceptors (Lipinski definition) is 8. The number of benzene rings is 3. The Morgan fingerprint density at radius 3 is 2.19 bits per heavy atom. The normalized spacial score (nSPS) is 15.9. The van der Waals surface area contributed by atoms with Gasteiger partial charge in [0.25, 0.3) is 5.91 Å². The predicted octanol–water partition coefficient (Wildman–Crippen LogP) is 6.60. The minimum Gasteiger partial charge on any atom is -0.481 e. The molecule has 1 heterocycles. The molecule has 1 fully saturated rings. The van der Waals surface area contributed by atoms with Gasteiger partial charge in [-0.25, -0.2) is 9.78 Å². The van der Waals surface area contributed by atoms with Gasteiger partial charge in [0.1, 0.15) is 17.5 Å². The van der Waals surface area contributed by atoms with Crippen LogP contribution in [0.15, 0.2) is 66.7 Å². The van der Waals surface area contributed by atoms with E-state index in [1.165, 1.54) is 0 Å². The monoisotopic (exact) mass is 793 g/mol. The Hall–Kier alpha value is -6.05. The highest BCUT2D eigenvalue weighted by molar-refractivity contribution is 5.98. The second-order valence-corrected chi connectivity index (χ2v) is 16.3. The summed E-state index contributed by atoms with van der Waals surface area (Å²) in [6.45, 7) is 11.7. The van der Waals surface area contributed by atoms with Crippen LogP contribution in [0.5, 0.6) is 0 Å². The molecule has 6 N–H and O–H groups in total. The third-order valence-corrected chi connectivity index (χ3v) is 9.92. The molecule has 0 bridgehead atoms. The van der Waals surface area contributed by atoms with Crippen LogP contribution < -0.4 is 21.3 Å². The molecule has 0 aliphatic heterocycles. The molecule has 1 aliphatic carbocycles. The number of hydrogen-bond donors (Lipinski definition) is 6. The van der Waals surface area contributed by atoms with Crippen LogP contribution in [0.1, 0.15) is 94.0 Å². The van der Waals surface area contributed by atoms with Gasteiger partial charge in [-0.2, -0.15) is 5.10 Å². The number of nitrogens with zero attached hydrogens (tertiary/aromatic N) is 2. The van der Waals surface area contributed by atoms with Crippen molar-refractivity contribution in [1.82, 2.24) is 31.1 Å². The Bertz CT molecular complexity index is 2060. The number of carboxylic acid groups (broad SMARTS) is 1. The van der Waals surface area contributed by atoms with E-state index in [1.54, 1.807) is 24.3 Å². The van der Waals surface area contributed by atoms with Crippen molar-refractivity contribution in [3.8, 4) is 22.5 Å². The van der Waals surface area contributed by atoms with Crippen LogP contribution in [-0.2, 0) is 32.0 Å². The van der Waals surface area contributed by atoms with Crippen molar-refractivity contribution in [3.63, 3.8) is 0 Å². The molecule has 1 aliphatic rings. The molecule has 0 unspecified atom stereocenters. The van der Waals surface area contributed by atoms with E-state index in [2.05, 4.69) is 36.4 Å². The van der Waals surface area contributed by atoms with Crippen LogP contribution in [0.2, 0.25) is 0 Å². The number of anilines is 1. The number of rotatable bonds is 15. The summed E-state index contributed by atoms with van der Waals surface area (Å²) < 4.78 is 5.36. The highest BCUT2D eigenvalue weighted by Gasteiger charge is 2.30. The van der Waals surface area contributed by atoms with Gasteiger partial charge in [0.15, 0.2) is 5.82 Å². The molecule has 5 rings (SSSR count). The van der Waals surface area contributed by atoms with Gasteiger partial charge < -0.3 is 31.1 Å². The molecule has 3 aromatic carbocycles. The first-order chi connectivity index (χ1) is 27.5. The summed E-state index contributed by atoms with van der Waals surface area (Å²) in [7, 11) is 0. The lowest BCUT2D eigenvalue weighted by molar-refractivity contribution is -0.137. The Balaban J connectivity index is 1.26. The van der Waals surface area contributed by atoms with Crippen LogP contribution in [-0.4, -0.2) is 74.3 Å². The molecular formula is C44H55N7O7. The molecule has 4 amide bonds. The van der Waals surface area contributed by atoms with Crippen molar-refractivity contribution in [3.05, 3.63) is 89.2 Å². The van der Waals surface area contributed by atoms with E-state index < -0.39 is 23.7 Å². The molecule has 0 saturated heterocycles. The maximum absolute atomic E-state index is 13.9. The molecule has 1 atom stereocenters. The number of nitrogens with one attached hydrogen (secondary N) is 5. The second-order valence-electron chi connectivity index (χ2n) is 16.3. The largest absolute Gasteiger partial charge is 0.481 e. The lowest BCUT2D eigenvalue weighted by Gasteiger charge is -2.29.